The van der Waals surface area contributed by atoms with E-state index in [0.29, 0.717) is 0 Å². The number of amides is 1. The fourth-order valence-corrected chi connectivity index (χ4v) is 2.39. The molecule has 1 aliphatic rings. The molecule has 1 fully saturated rings. The van der Waals surface area contributed by atoms with Crippen LogP contribution in [0.25, 0.3) is 0 Å². The highest BCUT2D eigenvalue weighted by Crippen LogP contribution is 2.43. The summed E-state index contributed by atoms with van der Waals surface area (Å²) in [4.78, 5) is 24.7. The molecule has 0 bridgehead atoms. The summed E-state index contributed by atoms with van der Waals surface area (Å²) in [5.74, 6) is -0.262. The Kier molecular flexibility index (Phi) is 3.94. The topological polar surface area (TPSA) is 46.6 Å². The molecule has 0 saturated heterocycles. The van der Waals surface area contributed by atoms with E-state index in [1.807, 2.05) is 0 Å². The molecule has 0 aromatic carbocycles. The summed E-state index contributed by atoms with van der Waals surface area (Å²) in [7, 11) is 2.99. The Bertz CT molecular complexity index is 286. The second kappa shape index (κ2) is 4.85. The molecule has 1 amide bonds. The van der Waals surface area contributed by atoms with Crippen LogP contribution >= 0.6 is 0 Å². The number of rotatable bonds is 3. The molecule has 0 aromatic heterocycles. The lowest BCUT2D eigenvalue weighted by Crippen LogP contribution is -2.40. The van der Waals surface area contributed by atoms with Gasteiger partial charge in [0.05, 0.1) is 7.11 Å². The van der Waals surface area contributed by atoms with E-state index in [1.165, 1.54) is 12.0 Å². The first kappa shape index (κ1) is 13.0. The summed E-state index contributed by atoms with van der Waals surface area (Å²) in [6.07, 6.45) is 3.10. The third-order valence-electron chi connectivity index (χ3n) is 3.53. The molecule has 0 aliphatic heterocycles. The van der Waals surface area contributed by atoms with Crippen molar-refractivity contribution in [3.8, 4) is 0 Å². The van der Waals surface area contributed by atoms with E-state index in [0.717, 1.165) is 19.3 Å². The number of ether oxygens (including phenoxy) is 1. The largest absolute Gasteiger partial charge is 0.468 e. The van der Waals surface area contributed by atoms with E-state index in [-0.39, 0.29) is 29.8 Å². The smallest absolute Gasteiger partial charge is 0.325 e. The zero-order chi connectivity index (χ0) is 12.3. The molecular weight excluding hydrogens is 206 g/mol. The summed E-state index contributed by atoms with van der Waals surface area (Å²) in [5.41, 5.74) is 0.0570. The van der Waals surface area contributed by atoms with Crippen LogP contribution in [0, 0.1) is 11.3 Å². The van der Waals surface area contributed by atoms with Gasteiger partial charge in [0, 0.05) is 13.0 Å². The van der Waals surface area contributed by atoms with Crippen molar-refractivity contribution in [2.75, 3.05) is 20.7 Å². The molecule has 92 valence electrons. The maximum absolute atomic E-state index is 12.1. The molecule has 1 aliphatic carbocycles. The van der Waals surface area contributed by atoms with Crippen molar-refractivity contribution in [2.24, 2.45) is 11.3 Å². The number of likely N-dealkylation sites (N-methyl/N-ethyl adjacent to an activating group) is 1. The highest BCUT2D eigenvalue weighted by molar-refractivity contribution is 5.84. The molecule has 1 rings (SSSR count). The Labute approximate surface area is 96.9 Å². The molecule has 1 saturated carbocycles. The van der Waals surface area contributed by atoms with Crippen molar-refractivity contribution >= 4 is 11.9 Å². The van der Waals surface area contributed by atoms with Crippen LogP contribution in [0.4, 0.5) is 0 Å². The Morgan fingerprint density at radius 2 is 2.06 bits per heavy atom. The second-order valence-corrected chi connectivity index (χ2v) is 5.20. The Morgan fingerprint density at radius 1 is 1.44 bits per heavy atom. The monoisotopic (exact) mass is 227 g/mol. The molecule has 4 heteroatoms. The quantitative estimate of drug-likeness (QED) is 0.685. The Hall–Kier alpha value is -1.06. The average molecular weight is 227 g/mol. The van der Waals surface area contributed by atoms with E-state index in [1.54, 1.807) is 7.05 Å². The van der Waals surface area contributed by atoms with Gasteiger partial charge in [-0.15, -0.1) is 0 Å². The van der Waals surface area contributed by atoms with Gasteiger partial charge in [-0.25, -0.2) is 0 Å². The number of methoxy groups -OCH3 is 1. The molecule has 0 heterocycles. The number of carbonyl (C=O) groups excluding carboxylic acids is 2. The lowest BCUT2D eigenvalue weighted by Gasteiger charge is -2.29. The fraction of sp³-hybridized carbons (Fsp3) is 0.833. The first-order valence-electron chi connectivity index (χ1n) is 5.70. The molecular formula is C12H21NO3. The lowest BCUT2D eigenvalue weighted by molar-refractivity contribution is -0.148. The van der Waals surface area contributed by atoms with E-state index >= 15 is 0 Å². The third-order valence-corrected chi connectivity index (χ3v) is 3.53. The van der Waals surface area contributed by atoms with Gasteiger partial charge in [0.25, 0.3) is 0 Å². The van der Waals surface area contributed by atoms with Gasteiger partial charge in [-0.05, 0) is 18.3 Å². The van der Waals surface area contributed by atoms with Gasteiger partial charge in [0.1, 0.15) is 6.54 Å². The summed E-state index contributed by atoms with van der Waals surface area (Å²) in [6, 6.07) is 0. The van der Waals surface area contributed by atoms with Crippen LogP contribution in [0.5, 0.6) is 0 Å². The number of esters is 1. The standard InChI is InChI=1S/C12H21NO3/c1-12(2)7-5-6-9(12)11(15)13(3)8-10(14)16-4/h9H,5-8H2,1-4H3. The van der Waals surface area contributed by atoms with Gasteiger partial charge in [0.2, 0.25) is 5.91 Å². The summed E-state index contributed by atoms with van der Waals surface area (Å²) < 4.78 is 4.55. The second-order valence-electron chi connectivity index (χ2n) is 5.20. The van der Waals surface area contributed by atoms with Gasteiger partial charge in [-0.2, -0.15) is 0 Å². The van der Waals surface area contributed by atoms with Crippen LogP contribution in [-0.4, -0.2) is 37.5 Å². The molecule has 1 unspecified atom stereocenters. The SMILES string of the molecule is COC(=O)CN(C)C(=O)C1CCCC1(C)C. The Balaban J connectivity index is 2.60. The van der Waals surface area contributed by atoms with Crippen LogP contribution in [0.1, 0.15) is 33.1 Å². The third kappa shape index (κ3) is 2.74. The normalized spacial score (nSPS) is 22.9. The maximum Gasteiger partial charge on any atom is 0.325 e. The number of carbonyl (C=O) groups is 2. The van der Waals surface area contributed by atoms with Crippen LogP contribution in [0.15, 0.2) is 0 Å². The zero-order valence-corrected chi connectivity index (χ0v) is 10.6. The van der Waals surface area contributed by atoms with Gasteiger partial charge >= 0.3 is 5.97 Å². The van der Waals surface area contributed by atoms with Crippen molar-refractivity contribution in [3.05, 3.63) is 0 Å². The molecule has 16 heavy (non-hydrogen) atoms. The fourth-order valence-electron chi connectivity index (χ4n) is 2.39. The molecule has 0 N–H and O–H groups in total. The van der Waals surface area contributed by atoms with Crippen molar-refractivity contribution in [1.82, 2.24) is 4.90 Å². The highest BCUT2D eigenvalue weighted by atomic mass is 16.5. The minimum absolute atomic E-state index is 0.0436. The van der Waals surface area contributed by atoms with Crippen molar-refractivity contribution in [2.45, 2.75) is 33.1 Å². The van der Waals surface area contributed by atoms with Crippen molar-refractivity contribution in [1.29, 1.82) is 0 Å². The maximum atomic E-state index is 12.1. The van der Waals surface area contributed by atoms with E-state index in [9.17, 15) is 9.59 Å². The summed E-state index contributed by atoms with van der Waals surface area (Å²) in [5, 5.41) is 0. The first-order valence-corrected chi connectivity index (χ1v) is 5.70. The molecule has 4 nitrogen and oxygen atoms in total. The predicted molar refractivity (Wildman–Crippen MR) is 60.8 cm³/mol. The average Bonchev–Trinajstić information content (AvgIpc) is 2.56. The minimum atomic E-state index is -0.369. The van der Waals surface area contributed by atoms with Crippen molar-refractivity contribution < 1.29 is 14.3 Å². The van der Waals surface area contributed by atoms with Gasteiger partial charge in [-0.3, -0.25) is 9.59 Å². The van der Waals surface area contributed by atoms with Crippen LogP contribution in [0.3, 0.4) is 0 Å². The van der Waals surface area contributed by atoms with Crippen LogP contribution in [0.2, 0.25) is 0 Å². The minimum Gasteiger partial charge on any atom is -0.468 e. The predicted octanol–water partition coefficient (Wildman–Crippen LogP) is 1.44. The van der Waals surface area contributed by atoms with E-state index in [4.69, 9.17) is 0 Å². The lowest BCUT2D eigenvalue weighted by atomic mass is 9.81. The molecule has 0 spiro atoms. The molecule has 0 radical (unpaired) electrons. The van der Waals surface area contributed by atoms with Crippen LogP contribution < -0.4 is 0 Å². The van der Waals surface area contributed by atoms with Crippen molar-refractivity contribution in [3.63, 3.8) is 0 Å². The number of hydrogen-bond acceptors (Lipinski definition) is 3. The first-order chi connectivity index (χ1) is 7.38. The molecule has 1 atom stereocenters. The van der Waals surface area contributed by atoms with Gasteiger partial charge in [0.15, 0.2) is 0 Å². The Morgan fingerprint density at radius 3 is 2.50 bits per heavy atom. The van der Waals surface area contributed by atoms with E-state index in [2.05, 4.69) is 18.6 Å². The summed E-state index contributed by atoms with van der Waals surface area (Å²) in [6.45, 7) is 4.28. The summed E-state index contributed by atoms with van der Waals surface area (Å²) >= 11 is 0. The number of nitrogens with zero attached hydrogens (tertiary/aromatic N) is 1. The van der Waals surface area contributed by atoms with Gasteiger partial charge < -0.3 is 9.64 Å². The van der Waals surface area contributed by atoms with Crippen LogP contribution in [-0.2, 0) is 14.3 Å². The molecule has 0 aromatic rings. The number of hydrogen-bond donors (Lipinski definition) is 0. The van der Waals surface area contributed by atoms with E-state index < -0.39 is 0 Å². The van der Waals surface area contributed by atoms with Gasteiger partial charge in [-0.1, -0.05) is 20.3 Å². The highest BCUT2D eigenvalue weighted by Gasteiger charge is 2.40. The zero-order valence-electron chi connectivity index (χ0n) is 10.6.